The number of hydrogen-bond donors (Lipinski definition) is 1. The van der Waals surface area contributed by atoms with Crippen molar-refractivity contribution in [3.63, 3.8) is 0 Å². The number of aromatic amines is 1. The maximum Gasteiger partial charge on any atom is 0.240 e. The van der Waals surface area contributed by atoms with E-state index >= 15 is 0 Å². The predicted molar refractivity (Wildman–Crippen MR) is 61.3 cm³/mol. The Hall–Kier alpha value is -1.51. The number of aromatic nitrogens is 2. The van der Waals surface area contributed by atoms with E-state index in [0.29, 0.717) is 5.88 Å². The summed E-state index contributed by atoms with van der Waals surface area (Å²) in [6.07, 6.45) is 0. The van der Waals surface area contributed by atoms with Crippen LogP contribution in [0.4, 0.5) is 0 Å². The van der Waals surface area contributed by atoms with Crippen molar-refractivity contribution < 1.29 is 4.74 Å². The molecule has 0 saturated carbocycles. The summed E-state index contributed by atoms with van der Waals surface area (Å²) in [6, 6.07) is 6.31. The Labute approximate surface area is 89.4 Å². The third-order valence-electron chi connectivity index (χ3n) is 2.59. The van der Waals surface area contributed by atoms with Gasteiger partial charge in [0.1, 0.15) is 0 Å². The second kappa shape index (κ2) is 3.26. The lowest BCUT2D eigenvalue weighted by Gasteiger charge is -2.18. The molecule has 1 heterocycles. The molecule has 1 aromatic carbocycles. The van der Waals surface area contributed by atoms with Crippen LogP contribution in [0.15, 0.2) is 18.2 Å². The van der Waals surface area contributed by atoms with E-state index in [2.05, 4.69) is 43.1 Å². The zero-order valence-electron chi connectivity index (χ0n) is 9.59. The van der Waals surface area contributed by atoms with E-state index in [9.17, 15) is 0 Å². The first-order chi connectivity index (χ1) is 7.02. The molecule has 2 rings (SSSR count). The number of hydrogen-bond acceptors (Lipinski definition) is 2. The van der Waals surface area contributed by atoms with Gasteiger partial charge >= 0.3 is 0 Å². The van der Waals surface area contributed by atoms with E-state index in [4.69, 9.17) is 4.74 Å². The average molecular weight is 204 g/mol. The number of methoxy groups -OCH3 is 1. The Morgan fingerprint density at radius 3 is 2.60 bits per heavy atom. The van der Waals surface area contributed by atoms with Crippen LogP contribution < -0.4 is 4.74 Å². The van der Waals surface area contributed by atoms with E-state index in [1.54, 1.807) is 7.11 Å². The van der Waals surface area contributed by atoms with Gasteiger partial charge in [0.15, 0.2) is 0 Å². The number of benzene rings is 1. The first kappa shape index (κ1) is 10.0. The van der Waals surface area contributed by atoms with Gasteiger partial charge in [0.2, 0.25) is 5.88 Å². The molecule has 0 unspecified atom stereocenters. The summed E-state index contributed by atoms with van der Waals surface area (Å²) in [5.41, 5.74) is 2.45. The fourth-order valence-electron chi connectivity index (χ4n) is 1.61. The fraction of sp³-hybridized carbons (Fsp3) is 0.417. The Kier molecular flexibility index (Phi) is 2.18. The van der Waals surface area contributed by atoms with Gasteiger partial charge in [0, 0.05) is 0 Å². The van der Waals surface area contributed by atoms with Gasteiger partial charge in [-0.1, -0.05) is 26.8 Å². The van der Waals surface area contributed by atoms with Gasteiger partial charge in [-0.05, 0) is 23.1 Å². The highest BCUT2D eigenvalue weighted by Crippen LogP contribution is 2.29. The van der Waals surface area contributed by atoms with Gasteiger partial charge in [0.25, 0.3) is 0 Å². The van der Waals surface area contributed by atoms with Crippen molar-refractivity contribution in [2.75, 3.05) is 7.11 Å². The van der Waals surface area contributed by atoms with Gasteiger partial charge in [-0.2, -0.15) is 0 Å². The summed E-state index contributed by atoms with van der Waals surface area (Å²) in [7, 11) is 1.64. The molecule has 1 N–H and O–H groups in total. The van der Waals surface area contributed by atoms with Gasteiger partial charge in [-0.3, -0.25) is 5.10 Å². The maximum absolute atomic E-state index is 5.19. The van der Waals surface area contributed by atoms with Crippen LogP contribution in [0.25, 0.3) is 10.9 Å². The fourth-order valence-corrected chi connectivity index (χ4v) is 1.61. The molecule has 1 aromatic heterocycles. The van der Waals surface area contributed by atoms with Crippen LogP contribution in [0.3, 0.4) is 0 Å². The van der Waals surface area contributed by atoms with Crippen molar-refractivity contribution >= 4 is 10.9 Å². The molecule has 0 aliphatic heterocycles. The minimum atomic E-state index is 0.149. The molecule has 0 radical (unpaired) electrons. The summed E-state index contributed by atoms with van der Waals surface area (Å²) in [4.78, 5) is 0. The zero-order chi connectivity index (χ0) is 11.1. The Bertz CT molecular complexity index is 480. The summed E-state index contributed by atoms with van der Waals surface area (Å²) in [5.74, 6) is 0.663. The van der Waals surface area contributed by atoms with E-state index < -0.39 is 0 Å². The molecule has 0 fully saturated rings. The zero-order valence-corrected chi connectivity index (χ0v) is 9.59. The van der Waals surface area contributed by atoms with Gasteiger partial charge < -0.3 is 4.74 Å². The minimum absolute atomic E-state index is 0.149. The molecule has 3 nitrogen and oxygen atoms in total. The third kappa shape index (κ3) is 1.69. The Morgan fingerprint density at radius 1 is 1.27 bits per heavy atom. The molecule has 0 aliphatic carbocycles. The highest BCUT2D eigenvalue weighted by Gasteiger charge is 2.15. The molecule has 15 heavy (non-hydrogen) atoms. The molecule has 0 atom stereocenters. The largest absolute Gasteiger partial charge is 0.480 e. The van der Waals surface area contributed by atoms with Crippen molar-refractivity contribution in [1.29, 1.82) is 0 Å². The van der Waals surface area contributed by atoms with Crippen LogP contribution in [0.1, 0.15) is 26.3 Å². The number of ether oxygens (including phenoxy) is 1. The Morgan fingerprint density at radius 2 is 2.00 bits per heavy atom. The monoisotopic (exact) mass is 204 g/mol. The minimum Gasteiger partial charge on any atom is -0.480 e. The molecule has 0 amide bonds. The average Bonchev–Trinajstić information content (AvgIpc) is 2.57. The lowest BCUT2D eigenvalue weighted by molar-refractivity contribution is 0.401. The first-order valence-electron chi connectivity index (χ1n) is 5.05. The predicted octanol–water partition coefficient (Wildman–Crippen LogP) is 2.87. The maximum atomic E-state index is 5.19. The quantitative estimate of drug-likeness (QED) is 0.775. The number of nitrogens with zero attached hydrogens (tertiary/aromatic N) is 1. The molecular formula is C12H16N2O. The molecule has 0 aliphatic rings. The lowest BCUT2D eigenvalue weighted by Crippen LogP contribution is -2.10. The van der Waals surface area contributed by atoms with Crippen LogP contribution in [0.2, 0.25) is 0 Å². The van der Waals surface area contributed by atoms with Crippen molar-refractivity contribution in [1.82, 2.24) is 10.2 Å². The molecule has 0 spiro atoms. The van der Waals surface area contributed by atoms with Gasteiger partial charge in [-0.15, -0.1) is 5.10 Å². The van der Waals surface area contributed by atoms with Gasteiger partial charge in [0.05, 0.1) is 18.0 Å². The molecule has 0 saturated heterocycles. The van der Waals surface area contributed by atoms with Crippen molar-refractivity contribution in [2.24, 2.45) is 0 Å². The molecular weight excluding hydrogens is 188 g/mol. The van der Waals surface area contributed by atoms with Crippen LogP contribution in [0.5, 0.6) is 5.88 Å². The van der Waals surface area contributed by atoms with Crippen molar-refractivity contribution in [3.05, 3.63) is 23.8 Å². The SMILES string of the molecule is COc1n[nH]c2ccc(C(C)(C)C)cc12. The summed E-state index contributed by atoms with van der Waals surface area (Å²) >= 11 is 0. The highest BCUT2D eigenvalue weighted by atomic mass is 16.5. The lowest BCUT2D eigenvalue weighted by atomic mass is 9.86. The van der Waals surface area contributed by atoms with Crippen LogP contribution in [-0.4, -0.2) is 17.3 Å². The molecule has 2 aromatic rings. The van der Waals surface area contributed by atoms with Gasteiger partial charge in [-0.25, -0.2) is 0 Å². The first-order valence-corrected chi connectivity index (χ1v) is 5.05. The van der Waals surface area contributed by atoms with Crippen molar-refractivity contribution in [3.8, 4) is 5.88 Å². The summed E-state index contributed by atoms with van der Waals surface area (Å²) < 4.78 is 5.19. The van der Waals surface area contributed by atoms with E-state index in [-0.39, 0.29) is 5.41 Å². The van der Waals surface area contributed by atoms with Crippen molar-refractivity contribution in [2.45, 2.75) is 26.2 Å². The van der Waals surface area contributed by atoms with Crippen LogP contribution >= 0.6 is 0 Å². The summed E-state index contributed by atoms with van der Waals surface area (Å²) in [6.45, 7) is 6.59. The standard InChI is InChI=1S/C12H16N2O/c1-12(2,3)8-5-6-10-9(7-8)11(15-4)14-13-10/h5-7H,1-4H3,(H,13,14). The number of rotatable bonds is 1. The second-order valence-corrected chi connectivity index (χ2v) is 4.74. The number of nitrogens with one attached hydrogen (secondary N) is 1. The number of fused-ring (bicyclic) bond motifs is 1. The van der Waals surface area contributed by atoms with E-state index in [0.717, 1.165) is 10.9 Å². The second-order valence-electron chi connectivity index (χ2n) is 4.74. The molecule has 0 bridgehead atoms. The van der Waals surface area contributed by atoms with Crippen LogP contribution in [0, 0.1) is 0 Å². The van der Waals surface area contributed by atoms with E-state index in [1.165, 1.54) is 5.56 Å². The molecule has 3 heteroatoms. The van der Waals surface area contributed by atoms with E-state index in [1.807, 2.05) is 6.07 Å². The molecule has 80 valence electrons. The van der Waals surface area contributed by atoms with Crippen LogP contribution in [-0.2, 0) is 5.41 Å². The topological polar surface area (TPSA) is 37.9 Å². The number of H-pyrrole nitrogens is 1. The normalized spacial score (nSPS) is 12.0. The highest BCUT2D eigenvalue weighted by molar-refractivity contribution is 5.84. The summed E-state index contributed by atoms with van der Waals surface area (Å²) in [5, 5.41) is 8.08. The smallest absolute Gasteiger partial charge is 0.240 e. The Balaban J connectivity index is 2.63. The third-order valence-corrected chi connectivity index (χ3v) is 2.59.